The van der Waals surface area contributed by atoms with Crippen molar-refractivity contribution < 1.29 is 9.53 Å². The molecule has 0 aliphatic rings. The first-order chi connectivity index (χ1) is 8.38. The van der Waals surface area contributed by atoms with E-state index in [1.807, 2.05) is 11.8 Å². The summed E-state index contributed by atoms with van der Waals surface area (Å²) in [6, 6.07) is 0. The number of likely N-dealkylation sites (N-methyl/N-ethyl adjacent to an activating group) is 1. The summed E-state index contributed by atoms with van der Waals surface area (Å²) in [5.41, 5.74) is -0.0713. The molecule has 0 saturated heterocycles. The number of aromatic nitrogens is 2. The molecule has 0 aliphatic carbocycles. The van der Waals surface area contributed by atoms with Crippen LogP contribution in [0, 0.1) is 0 Å². The zero-order chi connectivity index (χ0) is 13.8. The van der Waals surface area contributed by atoms with E-state index in [4.69, 9.17) is 4.74 Å². The molecule has 0 N–H and O–H groups in total. The summed E-state index contributed by atoms with van der Waals surface area (Å²) in [4.78, 5) is 17.9. The van der Waals surface area contributed by atoms with Crippen LogP contribution < -0.4 is 4.90 Å². The molecule has 0 spiro atoms. The fraction of sp³-hybridized carbons (Fsp3) is 0.750. The molecular weight excluding hydrogens is 250 g/mol. The number of rotatable bonds is 5. The van der Waals surface area contributed by atoms with Gasteiger partial charge in [-0.05, 0) is 13.8 Å². The largest absolute Gasteiger partial charge is 0.465 e. The maximum Gasteiger partial charge on any atom is 0.325 e. The predicted molar refractivity (Wildman–Crippen MR) is 73.1 cm³/mol. The molecule has 0 radical (unpaired) electrons. The number of esters is 1. The molecular formula is C12H21N3O2S. The second kappa shape index (κ2) is 6.13. The van der Waals surface area contributed by atoms with Gasteiger partial charge < -0.3 is 9.64 Å². The Morgan fingerprint density at radius 3 is 2.50 bits per heavy atom. The number of hydrogen-bond donors (Lipinski definition) is 0. The van der Waals surface area contributed by atoms with Crippen LogP contribution in [0.3, 0.4) is 0 Å². The molecule has 0 unspecified atom stereocenters. The Labute approximate surface area is 112 Å². The third-order valence-corrected chi connectivity index (χ3v) is 3.14. The molecule has 1 aromatic rings. The maximum absolute atomic E-state index is 11.5. The number of carbonyl (C=O) groups is 1. The van der Waals surface area contributed by atoms with Crippen LogP contribution in [0.25, 0.3) is 0 Å². The number of ether oxygens (including phenoxy) is 1. The van der Waals surface area contributed by atoms with E-state index >= 15 is 0 Å². The van der Waals surface area contributed by atoms with Gasteiger partial charge in [0.25, 0.3) is 0 Å². The van der Waals surface area contributed by atoms with Crippen molar-refractivity contribution in [2.45, 2.75) is 40.0 Å². The van der Waals surface area contributed by atoms with E-state index < -0.39 is 0 Å². The Morgan fingerprint density at radius 1 is 1.39 bits per heavy atom. The van der Waals surface area contributed by atoms with Crippen molar-refractivity contribution in [1.29, 1.82) is 0 Å². The third kappa shape index (κ3) is 3.94. The summed E-state index contributed by atoms with van der Waals surface area (Å²) in [7, 11) is 0. The smallest absolute Gasteiger partial charge is 0.325 e. The van der Waals surface area contributed by atoms with E-state index in [0.717, 1.165) is 11.0 Å². The second-order valence-corrected chi connectivity index (χ2v) is 5.70. The molecule has 6 heteroatoms. The Hall–Kier alpha value is -1.17. The zero-order valence-corrected chi connectivity index (χ0v) is 12.5. The molecule has 102 valence electrons. The van der Waals surface area contributed by atoms with Crippen molar-refractivity contribution in [3.05, 3.63) is 5.82 Å². The standard InChI is InChI=1S/C12H21N3O2S/c1-6-15(8-9(16)17-7-2)11-13-10(14-18-11)12(3,4)5/h6-8H2,1-5H3. The average Bonchev–Trinajstić information content (AvgIpc) is 2.75. The van der Waals surface area contributed by atoms with Gasteiger partial charge in [-0.2, -0.15) is 4.37 Å². The molecule has 1 aromatic heterocycles. The Morgan fingerprint density at radius 2 is 2.06 bits per heavy atom. The molecule has 0 saturated carbocycles. The van der Waals surface area contributed by atoms with Crippen LogP contribution in [-0.2, 0) is 14.9 Å². The van der Waals surface area contributed by atoms with E-state index in [2.05, 4.69) is 30.1 Å². The highest BCUT2D eigenvalue weighted by Gasteiger charge is 2.22. The minimum atomic E-state index is -0.230. The van der Waals surface area contributed by atoms with Gasteiger partial charge in [-0.25, -0.2) is 4.98 Å². The number of anilines is 1. The Bertz CT molecular complexity index is 398. The van der Waals surface area contributed by atoms with Gasteiger partial charge in [0.15, 0.2) is 0 Å². The van der Waals surface area contributed by atoms with Crippen molar-refractivity contribution in [2.75, 3.05) is 24.6 Å². The van der Waals surface area contributed by atoms with E-state index in [9.17, 15) is 4.79 Å². The molecule has 0 atom stereocenters. The monoisotopic (exact) mass is 271 g/mol. The summed E-state index contributed by atoms with van der Waals surface area (Å²) in [5.74, 6) is 0.580. The predicted octanol–water partition coefficient (Wildman–Crippen LogP) is 2.23. The zero-order valence-electron chi connectivity index (χ0n) is 11.7. The highest BCUT2D eigenvalue weighted by molar-refractivity contribution is 7.09. The van der Waals surface area contributed by atoms with Gasteiger partial charge in [-0.15, -0.1) is 0 Å². The summed E-state index contributed by atoms with van der Waals surface area (Å²) < 4.78 is 9.29. The summed E-state index contributed by atoms with van der Waals surface area (Å²) in [6.07, 6.45) is 0. The molecule has 0 aromatic carbocycles. The molecule has 1 heterocycles. The third-order valence-electron chi connectivity index (χ3n) is 2.36. The first-order valence-electron chi connectivity index (χ1n) is 6.13. The molecule has 0 bridgehead atoms. The number of carbonyl (C=O) groups excluding carboxylic acids is 1. The topological polar surface area (TPSA) is 55.3 Å². The first kappa shape index (κ1) is 14.9. The van der Waals surface area contributed by atoms with Gasteiger partial charge in [-0.3, -0.25) is 4.79 Å². The van der Waals surface area contributed by atoms with Gasteiger partial charge in [0, 0.05) is 23.5 Å². The van der Waals surface area contributed by atoms with Crippen LogP contribution in [0.5, 0.6) is 0 Å². The van der Waals surface area contributed by atoms with Crippen molar-refractivity contribution in [3.8, 4) is 0 Å². The van der Waals surface area contributed by atoms with Crippen LogP contribution in [0.15, 0.2) is 0 Å². The second-order valence-electron chi connectivity index (χ2n) is 4.97. The number of hydrogen-bond acceptors (Lipinski definition) is 6. The molecule has 18 heavy (non-hydrogen) atoms. The minimum absolute atomic E-state index is 0.0713. The molecule has 0 aliphatic heterocycles. The molecule has 0 amide bonds. The summed E-state index contributed by atoms with van der Waals surface area (Å²) >= 11 is 1.33. The quantitative estimate of drug-likeness (QED) is 0.769. The van der Waals surface area contributed by atoms with Crippen LogP contribution in [0.4, 0.5) is 5.13 Å². The van der Waals surface area contributed by atoms with Crippen LogP contribution in [-0.4, -0.2) is 35.0 Å². The lowest BCUT2D eigenvalue weighted by Gasteiger charge is -2.18. The lowest BCUT2D eigenvalue weighted by atomic mass is 9.96. The fourth-order valence-corrected chi connectivity index (χ4v) is 2.24. The average molecular weight is 271 g/mol. The first-order valence-corrected chi connectivity index (χ1v) is 6.90. The lowest BCUT2D eigenvalue weighted by Crippen LogP contribution is -2.30. The Balaban J connectivity index is 2.77. The fourth-order valence-electron chi connectivity index (χ4n) is 1.33. The van der Waals surface area contributed by atoms with Gasteiger partial charge in [0.1, 0.15) is 12.4 Å². The SMILES string of the molecule is CCOC(=O)CN(CC)c1nc(C(C)(C)C)ns1. The van der Waals surface area contributed by atoms with Crippen LogP contribution in [0.2, 0.25) is 0 Å². The minimum Gasteiger partial charge on any atom is -0.465 e. The number of nitrogens with zero attached hydrogens (tertiary/aromatic N) is 3. The molecule has 0 fully saturated rings. The van der Waals surface area contributed by atoms with Crippen molar-refractivity contribution >= 4 is 22.6 Å². The van der Waals surface area contributed by atoms with E-state index in [0.29, 0.717) is 13.2 Å². The van der Waals surface area contributed by atoms with Crippen molar-refractivity contribution in [1.82, 2.24) is 9.36 Å². The molecule has 1 rings (SSSR count). The van der Waals surface area contributed by atoms with Crippen LogP contribution in [0.1, 0.15) is 40.4 Å². The van der Waals surface area contributed by atoms with E-state index in [1.54, 1.807) is 6.92 Å². The van der Waals surface area contributed by atoms with Gasteiger partial charge >= 0.3 is 5.97 Å². The van der Waals surface area contributed by atoms with Gasteiger partial charge in [0.2, 0.25) is 5.13 Å². The molecule has 5 nitrogen and oxygen atoms in total. The Kier molecular flexibility index (Phi) is 5.07. The summed E-state index contributed by atoms with van der Waals surface area (Å²) in [5, 5.41) is 0.774. The van der Waals surface area contributed by atoms with Gasteiger partial charge in [0.05, 0.1) is 6.61 Å². The van der Waals surface area contributed by atoms with Crippen LogP contribution >= 0.6 is 11.5 Å². The van der Waals surface area contributed by atoms with E-state index in [-0.39, 0.29) is 17.9 Å². The highest BCUT2D eigenvalue weighted by Crippen LogP contribution is 2.25. The van der Waals surface area contributed by atoms with Crippen molar-refractivity contribution in [2.24, 2.45) is 0 Å². The van der Waals surface area contributed by atoms with Gasteiger partial charge in [-0.1, -0.05) is 20.8 Å². The summed E-state index contributed by atoms with van der Waals surface area (Å²) in [6.45, 7) is 11.3. The normalized spacial score (nSPS) is 11.4. The van der Waals surface area contributed by atoms with Crippen molar-refractivity contribution in [3.63, 3.8) is 0 Å². The highest BCUT2D eigenvalue weighted by atomic mass is 32.1. The lowest BCUT2D eigenvalue weighted by molar-refractivity contribution is -0.141. The maximum atomic E-state index is 11.5. The van der Waals surface area contributed by atoms with E-state index in [1.165, 1.54) is 11.5 Å².